The molecule has 0 N–H and O–H groups in total. The lowest BCUT2D eigenvalue weighted by atomic mass is 10.0. The van der Waals surface area contributed by atoms with Gasteiger partial charge in [-0.15, -0.1) is 0 Å². The minimum atomic E-state index is 0.252. The minimum absolute atomic E-state index is 0.252. The van der Waals surface area contributed by atoms with Crippen molar-refractivity contribution in [1.82, 2.24) is 9.80 Å². The number of amides is 1. The molecule has 2 saturated heterocycles. The standard InChI is InChI=1S/C23H27ClN2O/c24-22-10-8-19(9-11-22)13-23(27)26-16-20-14-25(15-21(20)17-26)12-4-7-18-5-2-1-3-6-18/h1-3,5-6,8-11,20-21H,4,7,12-17H2/t20-,21-/m1/s1. The summed E-state index contributed by atoms with van der Waals surface area (Å²) in [5.74, 6) is 1.55. The molecule has 0 spiro atoms. The Bertz CT molecular complexity index is 748. The number of hydrogen-bond acceptors (Lipinski definition) is 2. The lowest BCUT2D eigenvalue weighted by molar-refractivity contribution is -0.129. The first-order valence-corrected chi connectivity index (χ1v) is 10.3. The zero-order valence-corrected chi connectivity index (χ0v) is 16.4. The van der Waals surface area contributed by atoms with Gasteiger partial charge >= 0.3 is 0 Å². The van der Waals surface area contributed by atoms with Crippen LogP contribution in [0.2, 0.25) is 5.02 Å². The number of nitrogens with zero attached hydrogens (tertiary/aromatic N) is 2. The molecule has 0 bridgehead atoms. The van der Waals surface area contributed by atoms with Gasteiger partial charge in [-0.25, -0.2) is 0 Å². The Morgan fingerprint density at radius 1 is 0.889 bits per heavy atom. The lowest BCUT2D eigenvalue weighted by Crippen LogP contribution is -2.34. The van der Waals surface area contributed by atoms with E-state index in [9.17, 15) is 4.79 Å². The number of aryl methyl sites for hydroxylation is 1. The van der Waals surface area contributed by atoms with E-state index >= 15 is 0 Å². The minimum Gasteiger partial charge on any atom is -0.342 e. The van der Waals surface area contributed by atoms with Crippen molar-refractivity contribution >= 4 is 17.5 Å². The highest BCUT2D eigenvalue weighted by Gasteiger charge is 2.41. The van der Waals surface area contributed by atoms with E-state index in [4.69, 9.17) is 11.6 Å². The smallest absolute Gasteiger partial charge is 0.227 e. The number of halogens is 1. The van der Waals surface area contributed by atoms with Gasteiger partial charge in [0.25, 0.3) is 0 Å². The van der Waals surface area contributed by atoms with E-state index in [1.165, 1.54) is 18.5 Å². The van der Waals surface area contributed by atoms with Crippen LogP contribution in [-0.4, -0.2) is 48.4 Å². The molecule has 0 aliphatic carbocycles. The number of carbonyl (C=O) groups is 1. The Labute approximate surface area is 166 Å². The van der Waals surface area contributed by atoms with E-state index in [0.29, 0.717) is 23.3 Å². The molecule has 2 aliphatic heterocycles. The summed E-state index contributed by atoms with van der Waals surface area (Å²) in [6.45, 7) is 5.30. The molecule has 3 nitrogen and oxygen atoms in total. The summed E-state index contributed by atoms with van der Waals surface area (Å²) in [7, 11) is 0. The molecule has 2 heterocycles. The fraction of sp³-hybridized carbons (Fsp3) is 0.435. The number of benzene rings is 2. The van der Waals surface area contributed by atoms with Crippen molar-refractivity contribution in [2.45, 2.75) is 19.3 Å². The first kappa shape index (κ1) is 18.5. The molecular formula is C23H27ClN2O. The van der Waals surface area contributed by atoms with Crippen LogP contribution < -0.4 is 0 Å². The third-order valence-electron chi connectivity index (χ3n) is 5.97. The fourth-order valence-corrected chi connectivity index (χ4v) is 4.64. The van der Waals surface area contributed by atoms with E-state index < -0.39 is 0 Å². The third kappa shape index (κ3) is 4.72. The molecule has 4 heteroatoms. The molecule has 2 atom stereocenters. The topological polar surface area (TPSA) is 23.6 Å². The first-order chi connectivity index (χ1) is 13.2. The van der Waals surface area contributed by atoms with E-state index in [-0.39, 0.29) is 5.91 Å². The largest absolute Gasteiger partial charge is 0.342 e. The maximum absolute atomic E-state index is 12.6. The summed E-state index contributed by atoms with van der Waals surface area (Å²) >= 11 is 5.92. The monoisotopic (exact) mass is 382 g/mol. The van der Waals surface area contributed by atoms with Crippen LogP contribution in [0.3, 0.4) is 0 Å². The van der Waals surface area contributed by atoms with Crippen molar-refractivity contribution in [3.8, 4) is 0 Å². The lowest BCUT2D eigenvalue weighted by Gasteiger charge is -2.21. The van der Waals surface area contributed by atoms with E-state index in [2.05, 4.69) is 40.1 Å². The van der Waals surface area contributed by atoms with Crippen LogP contribution >= 0.6 is 11.6 Å². The molecule has 2 aromatic rings. The van der Waals surface area contributed by atoms with Gasteiger partial charge in [-0.3, -0.25) is 4.79 Å². The van der Waals surface area contributed by atoms with Gasteiger partial charge in [-0.1, -0.05) is 54.1 Å². The third-order valence-corrected chi connectivity index (χ3v) is 6.22. The van der Waals surface area contributed by atoms with Gasteiger partial charge in [0.15, 0.2) is 0 Å². The quantitative estimate of drug-likeness (QED) is 0.756. The van der Waals surface area contributed by atoms with Gasteiger partial charge in [0, 0.05) is 31.2 Å². The molecule has 4 rings (SSSR count). The van der Waals surface area contributed by atoms with Crippen molar-refractivity contribution in [2.24, 2.45) is 11.8 Å². The predicted molar refractivity (Wildman–Crippen MR) is 110 cm³/mol. The van der Waals surface area contributed by atoms with Gasteiger partial charge < -0.3 is 9.80 Å². The van der Waals surface area contributed by atoms with Crippen LogP contribution in [0.5, 0.6) is 0 Å². The zero-order valence-electron chi connectivity index (χ0n) is 15.7. The molecule has 2 aromatic carbocycles. The van der Waals surface area contributed by atoms with Gasteiger partial charge in [-0.2, -0.15) is 0 Å². The van der Waals surface area contributed by atoms with Crippen molar-refractivity contribution in [2.75, 3.05) is 32.7 Å². The number of hydrogen-bond donors (Lipinski definition) is 0. The summed E-state index contributed by atoms with van der Waals surface area (Å²) in [5, 5.41) is 0.717. The highest BCUT2D eigenvalue weighted by atomic mass is 35.5. The predicted octanol–water partition coefficient (Wildman–Crippen LogP) is 3.91. The Morgan fingerprint density at radius 2 is 1.56 bits per heavy atom. The Kier molecular flexibility index (Phi) is 5.80. The SMILES string of the molecule is O=C(Cc1ccc(Cl)cc1)N1C[C@H]2CN(CCCc3ccccc3)C[C@@H]2C1. The van der Waals surface area contributed by atoms with Crippen LogP contribution in [0.15, 0.2) is 54.6 Å². The molecule has 27 heavy (non-hydrogen) atoms. The first-order valence-electron chi connectivity index (χ1n) is 9.96. The average Bonchev–Trinajstić information content (AvgIpc) is 3.23. The maximum Gasteiger partial charge on any atom is 0.227 e. The molecule has 0 saturated carbocycles. The van der Waals surface area contributed by atoms with E-state index in [1.807, 2.05) is 24.3 Å². The Balaban J connectivity index is 1.21. The highest BCUT2D eigenvalue weighted by molar-refractivity contribution is 6.30. The van der Waals surface area contributed by atoms with Crippen molar-refractivity contribution in [3.63, 3.8) is 0 Å². The molecule has 2 aliphatic rings. The van der Waals surface area contributed by atoms with Crippen LogP contribution in [0, 0.1) is 11.8 Å². The summed E-state index contributed by atoms with van der Waals surface area (Å²) in [5.41, 5.74) is 2.47. The second-order valence-electron chi connectivity index (χ2n) is 7.97. The second-order valence-corrected chi connectivity index (χ2v) is 8.41. The number of fused-ring (bicyclic) bond motifs is 1. The number of likely N-dealkylation sites (tertiary alicyclic amines) is 2. The second kappa shape index (κ2) is 8.45. The van der Waals surface area contributed by atoms with E-state index in [1.54, 1.807) is 0 Å². The van der Waals surface area contributed by atoms with Crippen LogP contribution in [0.4, 0.5) is 0 Å². The highest BCUT2D eigenvalue weighted by Crippen LogP contribution is 2.31. The van der Waals surface area contributed by atoms with Crippen LogP contribution in [0.25, 0.3) is 0 Å². The molecule has 0 aromatic heterocycles. The normalized spacial score (nSPS) is 22.2. The van der Waals surface area contributed by atoms with Gasteiger partial charge in [0.2, 0.25) is 5.91 Å². The number of rotatable bonds is 6. The molecular weight excluding hydrogens is 356 g/mol. The number of carbonyl (C=O) groups excluding carboxylic acids is 1. The summed E-state index contributed by atoms with van der Waals surface area (Å²) in [6.07, 6.45) is 2.85. The maximum atomic E-state index is 12.6. The van der Waals surface area contributed by atoms with Crippen LogP contribution in [-0.2, 0) is 17.6 Å². The molecule has 142 valence electrons. The Hall–Kier alpha value is -1.84. The van der Waals surface area contributed by atoms with Gasteiger partial charge in [0.05, 0.1) is 6.42 Å². The van der Waals surface area contributed by atoms with Gasteiger partial charge in [-0.05, 0) is 54.5 Å². The average molecular weight is 383 g/mol. The fourth-order valence-electron chi connectivity index (χ4n) is 4.52. The van der Waals surface area contributed by atoms with Crippen LogP contribution in [0.1, 0.15) is 17.5 Å². The zero-order chi connectivity index (χ0) is 18.6. The van der Waals surface area contributed by atoms with Crippen molar-refractivity contribution in [3.05, 3.63) is 70.7 Å². The molecule has 1 amide bonds. The summed E-state index contributed by atoms with van der Waals surface area (Å²) in [6, 6.07) is 18.3. The molecule has 0 radical (unpaired) electrons. The molecule has 0 unspecified atom stereocenters. The summed E-state index contributed by atoms with van der Waals surface area (Å²) < 4.78 is 0. The Morgan fingerprint density at radius 3 is 2.22 bits per heavy atom. The molecule has 2 fully saturated rings. The van der Waals surface area contributed by atoms with Crippen molar-refractivity contribution in [1.29, 1.82) is 0 Å². The van der Waals surface area contributed by atoms with Gasteiger partial charge in [0.1, 0.15) is 0 Å². The van der Waals surface area contributed by atoms with Crippen molar-refractivity contribution < 1.29 is 4.79 Å². The van der Waals surface area contributed by atoms with E-state index in [0.717, 1.165) is 38.2 Å². The summed E-state index contributed by atoms with van der Waals surface area (Å²) in [4.78, 5) is 17.3.